The van der Waals surface area contributed by atoms with Crippen LogP contribution in [0.4, 0.5) is 0 Å². The number of hydrogen-bond acceptors (Lipinski definition) is 4. The van der Waals surface area contributed by atoms with Crippen molar-refractivity contribution in [1.29, 1.82) is 0 Å². The number of rotatable bonds is 2. The molecule has 2 amide bonds. The van der Waals surface area contributed by atoms with E-state index >= 15 is 0 Å². The van der Waals surface area contributed by atoms with Gasteiger partial charge in [-0.2, -0.15) is 11.3 Å². The van der Waals surface area contributed by atoms with Crippen LogP contribution in [-0.4, -0.2) is 16.9 Å². The Bertz CT molecular complexity index is 613. The second kappa shape index (κ2) is 5.73. The van der Waals surface area contributed by atoms with E-state index in [1.54, 1.807) is 16.8 Å². The first-order valence-electron chi connectivity index (χ1n) is 5.19. The van der Waals surface area contributed by atoms with Crippen molar-refractivity contribution in [2.24, 2.45) is 0 Å². The van der Waals surface area contributed by atoms with Crippen molar-refractivity contribution in [3.05, 3.63) is 51.2 Å². The van der Waals surface area contributed by atoms with E-state index in [0.29, 0.717) is 10.6 Å². The van der Waals surface area contributed by atoms with Gasteiger partial charge in [0.25, 0.3) is 11.8 Å². The summed E-state index contributed by atoms with van der Waals surface area (Å²) in [6.45, 7) is 0. The van der Waals surface area contributed by atoms with Crippen molar-refractivity contribution >= 4 is 34.8 Å². The van der Waals surface area contributed by atoms with Gasteiger partial charge in [-0.1, -0.05) is 11.6 Å². The number of aromatic hydroxyl groups is 1. The van der Waals surface area contributed by atoms with E-state index < -0.39 is 11.8 Å². The van der Waals surface area contributed by atoms with Gasteiger partial charge in [-0.05, 0) is 29.6 Å². The summed E-state index contributed by atoms with van der Waals surface area (Å²) >= 11 is 7.10. The van der Waals surface area contributed by atoms with Gasteiger partial charge in [0.2, 0.25) is 0 Å². The van der Waals surface area contributed by atoms with Crippen LogP contribution in [0, 0.1) is 0 Å². The molecule has 2 aromatic rings. The molecule has 0 fully saturated rings. The number of phenolic OH excluding ortho intramolecular Hbond substituents is 1. The Morgan fingerprint density at radius 3 is 2.58 bits per heavy atom. The van der Waals surface area contributed by atoms with Gasteiger partial charge in [-0.25, -0.2) is 0 Å². The molecule has 7 heteroatoms. The number of thiophene rings is 1. The quantitative estimate of drug-likeness (QED) is 0.743. The highest BCUT2D eigenvalue weighted by Crippen LogP contribution is 2.20. The molecule has 2 rings (SSSR count). The topological polar surface area (TPSA) is 78.4 Å². The van der Waals surface area contributed by atoms with Gasteiger partial charge in [0.1, 0.15) is 5.75 Å². The molecule has 19 heavy (non-hydrogen) atoms. The highest BCUT2D eigenvalue weighted by Gasteiger charge is 2.13. The van der Waals surface area contributed by atoms with Crippen molar-refractivity contribution in [1.82, 2.24) is 10.9 Å². The van der Waals surface area contributed by atoms with Gasteiger partial charge >= 0.3 is 0 Å². The van der Waals surface area contributed by atoms with Crippen LogP contribution in [0.3, 0.4) is 0 Å². The number of benzene rings is 1. The molecule has 0 saturated heterocycles. The number of amides is 2. The second-order valence-electron chi connectivity index (χ2n) is 3.58. The lowest BCUT2D eigenvalue weighted by atomic mass is 10.2. The molecule has 5 nitrogen and oxygen atoms in total. The third-order valence-corrected chi connectivity index (χ3v) is 3.19. The van der Waals surface area contributed by atoms with E-state index in [1.807, 2.05) is 0 Å². The maximum atomic E-state index is 11.7. The monoisotopic (exact) mass is 296 g/mol. The molecule has 1 heterocycles. The van der Waals surface area contributed by atoms with Crippen LogP contribution in [0.5, 0.6) is 5.75 Å². The molecule has 0 saturated carbocycles. The normalized spacial score (nSPS) is 9.95. The maximum Gasteiger partial charge on any atom is 0.273 e. The fraction of sp³-hybridized carbons (Fsp3) is 0. The highest BCUT2D eigenvalue weighted by atomic mass is 35.5. The molecule has 1 aromatic carbocycles. The van der Waals surface area contributed by atoms with Crippen LogP contribution in [-0.2, 0) is 0 Å². The standard InChI is InChI=1S/C12H9ClN2O3S/c13-8-1-2-10(16)9(5-8)12(18)15-14-11(17)7-3-4-19-6-7/h1-6,16H,(H,14,17)(H,15,18). The molecule has 0 aliphatic rings. The Labute approximate surface area is 117 Å². The van der Waals surface area contributed by atoms with E-state index in [-0.39, 0.29) is 11.3 Å². The van der Waals surface area contributed by atoms with Crippen LogP contribution < -0.4 is 10.9 Å². The minimum Gasteiger partial charge on any atom is -0.507 e. The van der Waals surface area contributed by atoms with Crippen molar-refractivity contribution in [2.45, 2.75) is 0 Å². The lowest BCUT2D eigenvalue weighted by molar-refractivity contribution is 0.0845. The van der Waals surface area contributed by atoms with Gasteiger partial charge in [0.15, 0.2) is 0 Å². The maximum absolute atomic E-state index is 11.7. The molecule has 0 atom stereocenters. The fourth-order valence-corrected chi connectivity index (χ4v) is 2.14. The molecule has 0 radical (unpaired) electrons. The summed E-state index contributed by atoms with van der Waals surface area (Å²) < 4.78 is 0. The Kier molecular flexibility index (Phi) is 4.03. The second-order valence-corrected chi connectivity index (χ2v) is 4.80. The van der Waals surface area contributed by atoms with Gasteiger partial charge < -0.3 is 5.11 Å². The zero-order valence-corrected chi connectivity index (χ0v) is 11.1. The average Bonchev–Trinajstić information content (AvgIpc) is 2.92. The highest BCUT2D eigenvalue weighted by molar-refractivity contribution is 7.08. The summed E-state index contributed by atoms with van der Waals surface area (Å²) in [6, 6.07) is 5.70. The SMILES string of the molecule is O=C(NNC(=O)c1cc(Cl)ccc1O)c1ccsc1. The summed E-state index contributed by atoms with van der Waals surface area (Å²) in [7, 11) is 0. The third-order valence-electron chi connectivity index (χ3n) is 2.28. The van der Waals surface area contributed by atoms with Gasteiger partial charge in [0.05, 0.1) is 11.1 Å². The Hall–Kier alpha value is -2.05. The van der Waals surface area contributed by atoms with Crippen LogP contribution in [0.25, 0.3) is 0 Å². The Morgan fingerprint density at radius 1 is 1.16 bits per heavy atom. The van der Waals surface area contributed by atoms with E-state index in [4.69, 9.17) is 11.6 Å². The van der Waals surface area contributed by atoms with E-state index in [2.05, 4.69) is 10.9 Å². The number of carbonyl (C=O) groups is 2. The van der Waals surface area contributed by atoms with Gasteiger partial charge in [-0.15, -0.1) is 0 Å². The molecule has 98 valence electrons. The van der Waals surface area contributed by atoms with Crippen LogP contribution >= 0.6 is 22.9 Å². The first kappa shape index (κ1) is 13.4. The largest absolute Gasteiger partial charge is 0.507 e. The van der Waals surface area contributed by atoms with Gasteiger partial charge in [0, 0.05) is 10.4 Å². The lowest BCUT2D eigenvalue weighted by Gasteiger charge is -2.08. The summed E-state index contributed by atoms with van der Waals surface area (Å²) in [5, 5.41) is 13.2. The molecule has 0 bridgehead atoms. The number of phenols is 1. The summed E-state index contributed by atoms with van der Waals surface area (Å²) in [5.41, 5.74) is 4.88. The fourth-order valence-electron chi connectivity index (χ4n) is 1.34. The first-order chi connectivity index (χ1) is 9.08. The third kappa shape index (κ3) is 3.24. The smallest absolute Gasteiger partial charge is 0.273 e. The summed E-state index contributed by atoms with van der Waals surface area (Å²) in [6.07, 6.45) is 0. The number of hydrazine groups is 1. The summed E-state index contributed by atoms with van der Waals surface area (Å²) in [4.78, 5) is 23.3. The predicted octanol–water partition coefficient (Wildman–Crippen LogP) is 2.18. The van der Waals surface area contributed by atoms with E-state index in [9.17, 15) is 14.7 Å². The summed E-state index contributed by atoms with van der Waals surface area (Å²) in [5.74, 6) is -1.30. The number of nitrogens with one attached hydrogen (secondary N) is 2. The molecular weight excluding hydrogens is 288 g/mol. The molecular formula is C12H9ClN2O3S. The zero-order chi connectivity index (χ0) is 13.8. The molecule has 1 aromatic heterocycles. The molecule has 0 aliphatic heterocycles. The van der Waals surface area contributed by atoms with Crippen molar-refractivity contribution in [3.8, 4) is 5.75 Å². The molecule has 0 spiro atoms. The minimum atomic E-state index is -0.649. The van der Waals surface area contributed by atoms with Crippen molar-refractivity contribution in [2.75, 3.05) is 0 Å². The lowest BCUT2D eigenvalue weighted by Crippen LogP contribution is -2.41. The number of carbonyl (C=O) groups excluding carboxylic acids is 2. The van der Waals surface area contributed by atoms with Gasteiger partial charge in [-0.3, -0.25) is 20.4 Å². The molecule has 0 unspecified atom stereocenters. The predicted molar refractivity (Wildman–Crippen MR) is 72.4 cm³/mol. The Morgan fingerprint density at radius 2 is 1.89 bits per heavy atom. The van der Waals surface area contributed by atoms with E-state index in [1.165, 1.54) is 29.5 Å². The van der Waals surface area contributed by atoms with Crippen molar-refractivity contribution < 1.29 is 14.7 Å². The van der Waals surface area contributed by atoms with E-state index in [0.717, 1.165) is 0 Å². The Balaban J connectivity index is 2.02. The van der Waals surface area contributed by atoms with Crippen molar-refractivity contribution in [3.63, 3.8) is 0 Å². The zero-order valence-electron chi connectivity index (χ0n) is 9.51. The van der Waals surface area contributed by atoms with Crippen LogP contribution in [0.15, 0.2) is 35.0 Å². The molecule has 3 N–H and O–H groups in total. The first-order valence-corrected chi connectivity index (χ1v) is 6.51. The van der Waals surface area contributed by atoms with Crippen LogP contribution in [0.2, 0.25) is 5.02 Å². The minimum absolute atomic E-state index is 0.0156. The molecule has 0 aliphatic carbocycles. The average molecular weight is 297 g/mol. The number of hydrogen-bond donors (Lipinski definition) is 3. The van der Waals surface area contributed by atoms with Crippen LogP contribution in [0.1, 0.15) is 20.7 Å². The number of halogens is 1.